The Morgan fingerprint density at radius 1 is 1.06 bits per heavy atom. The van der Waals surface area contributed by atoms with E-state index >= 15 is 0 Å². The van der Waals surface area contributed by atoms with Gasteiger partial charge in [-0.05, 0) is 29.0 Å². The first-order valence-corrected chi connectivity index (χ1v) is 11.0. The summed E-state index contributed by atoms with van der Waals surface area (Å²) >= 11 is 0. The van der Waals surface area contributed by atoms with Gasteiger partial charge in [-0.2, -0.15) is 0 Å². The number of nitrogens with zero attached hydrogens (tertiary/aromatic N) is 2. The van der Waals surface area contributed by atoms with Crippen LogP contribution in [0, 0.1) is 0 Å². The highest BCUT2D eigenvalue weighted by Crippen LogP contribution is 2.16. The average Bonchev–Trinajstić information content (AvgIpc) is 2.77. The van der Waals surface area contributed by atoms with E-state index in [0.717, 1.165) is 11.1 Å². The van der Waals surface area contributed by atoms with Crippen LogP contribution in [0.4, 0.5) is 11.5 Å². The van der Waals surface area contributed by atoms with Crippen LogP contribution in [0.1, 0.15) is 36.5 Å². The molecule has 3 rings (SSSR count). The Morgan fingerprint density at radius 3 is 2.36 bits per heavy atom. The fraction of sp³-hybridized carbons (Fsp3) is 0.320. The lowest BCUT2D eigenvalue weighted by Gasteiger charge is -2.21. The van der Waals surface area contributed by atoms with Crippen LogP contribution in [-0.4, -0.2) is 35.6 Å². The maximum atomic E-state index is 12.5. The van der Waals surface area contributed by atoms with Gasteiger partial charge in [0, 0.05) is 13.6 Å². The zero-order valence-electron chi connectivity index (χ0n) is 19.3. The lowest BCUT2D eigenvalue weighted by Crippen LogP contribution is -2.41. The molecule has 0 atom stereocenters. The number of amides is 1. The van der Waals surface area contributed by atoms with Gasteiger partial charge < -0.3 is 16.0 Å². The zero-order valence-corrected chi connectivity index (χ0v) is 19.3. The Hall–Kier alpha value is -3.81. The van der Waals surface area contributed by atoms with Crippen molar-refractivity contribution in [1.82, 2.24) is 14.9 Å². The van der Waals surface area contributed by atoms with E-state index in [2.05, 4.69) is 48.4 Å². The third-order valence-electron chi connectivity index (χ3n) is 5.54. The summed E-state index contributed by atoms with van der Waals surface area (Å²) in [4.78, 5) is 41.0. The minimum Gasteiger partial charge on any atom is -0.383 e. The molecule has 0 unspecified atom stereocenters. The molecule has 0 aliphatic carbocycles. The molecule has 0 saturated carbocycles. The van der Waals surface area contributed by atoms with Gasteiger partial charge in [-0.3, -0.25) is 19.1 Å². The average molecular weight is 450 g/mol. The number of aromatic nitrogens is 2. The van der Waals surface area contributed by atoms with Crippen LogP contribution in [-0.2, 0) is 17.8 Å². The number of nitrogen functional groups attached to an aromatic ring is 1. The van der Waals surface area contributed by atoms with Crippen molar-refractivity contribution in [2.45, 2.75) is 32.7 Å². The summed E-state index contributed by atoms with van der Waals surface area (Å²) in [6.45, 7) is 4.93. The van der Waals surface area contributed by atoms with Crippen molar-refractivity contribution < 1.29 is 4.79 Å². The first-order valence-electron chi connectivity index (χ1n) is 11.0. The monoisotopic (exact) mass is 449 g/mol. The van der Waals surface area contributed by atoms with Gasteiger partial charge in [-0.1, -0.05) is 68.4 Å². The minimum atomic E-state index is -0.623. The lowest BCUT2D eigenvalue weighted by molar-refractivity contribution is -0.119. The van der Waals surface area contributed by atoms with Crippen molar-refractivity contribution in [2.75, 3.05) is 30.8 Å². The van der Waals surface area contributed by atoms with Gasteiger partial charge in [-0.15, -0.1) is 0 Å². The number of aromatic amines is 1. The minimum absolute atomic E-state index is 0.0214. The second-order valence-corrected chi connectivity index (χ2v) is 8.42. The molecule has 4 N–H and O–H groups in total. The van der Waals surface area contributed by atoms with E-state index < -0.39 is 11.2 Å². The van der Waals surface area contributed by atoms with Crippen LogP contribution in [0.15, 0.2) is 64.2 Å². The molecule has 8 heteroatoms. The first-order chi connectivity index (χ1) is 15.8. The summed E-state index contributed by atoms with van der Waals surface area (Å²) in [5, 5.41) is 2.87. The Labute approximate surface area is 193 Å². The Kier molecular flexibility index (Phi) is 7.71. The van der Waals surface area contributed by atoms with Crippen molar-refractivity contribution in [3.8, 4) is 0 Å². The second-order valence-electron chi connectivity index (χ2n) is 8.42. The topological polar surface area (TPSA) is 113 Å². The molecular weight excluding hydrogens is 418 g/mol. The molecule has 33 heavy (non-hydrogen) atoms. The number of likely N-dealkylation sites (N-methyl/N-ethyl adjacent to an activating group) is 1. The Balaban J connectivity index is 1.63. The summed E-state index contributed by atoms with van der Waals surface area (Å²) < 4.78 is 1.29. The molecule has 0 fully saturated rings. The largest absolute Gasteiger partial charge is 0.383 e. The van der Waals surface area contributed by atoms with Crippen molar-refractivity contribution in [3.05, 3.63) is 92.1 Å². The second kappa shape index (κ2) is 10.7. The number of anilines is 2. The maximum Gasteiger partial charge on any atom is 0.330 e. The molecule has 3 aromatic rings. The third-order valence-corrected chi connectivity index (χ3v) is 5.54. The van der Waals surface area contributed by atoms with Crippen LogP contribution in [0.25, 0.3) is 0 Å². The molecule has 0 bridgehead atoms. The van der Waals surface area contributed by atoms with Gasteiger partial charge in [-0.25, -0.2) is 4.79 Å². The number of nitrogens with one attached hydrogen (secondary N) is 2. The standard InChI is InChI=1S/C25H31N5O3/c1-17(2)20-11-9-18(10-12-20)13-14-27-21(31)16-29(3)22-23(26)30(25(33)28-24(22)32)15-19-7-5-4-6-8-19/h4-12,17H,13-16,26H2,1-3H3,(H,27,31)(H,28,32,33). The van der Waals surface area contributed by atoms with Gasteiger partial charge in [0.2, 0.25) is 5.91 Å². The van der Waals surface area contributed by atoms with Crippen molar-refractivity contribution in [2.24, 2.45) is 0 Å². The highest BCUT2D eigenvalue weighted by atomic mass is 16.2. The molecule has 1 aromatic heterocycles. The molecule has 0 aliphatic rings. The number of H-pyrrole nitrogens is 1. The van der Waals surface area contributed by atoms with E-state index in [1.54, 1.807) is 7.05 Å². The molecule has 174 valence electrons. The SMILES string of the molecule is CC(C)c1ccc(CCNC(=O)CN(C)c2c(N)n(Cc3ccccc3)c(=O)[nH]c2=O)cc1. The van der Waals surface area contributed by atoms with Crippen molar-refractivity contribution in [3.63, 3.8) is 0 Å². The van der Waals surface area contributed by atoms with Crippen LogP contribution in [0.2, 0.25) is 0 Å². The lowest BCUT2D eigenvalue weighted by atomic mass is 10.0. The summed E-state index contributed by atoms with van der Waals surface area (Å²) in [5.41, 5.74) is 8.35. The highest BCUT2D eigenvalue weighted by Gasteiger charge is 2.18. The van der Waals surface area contributed by atoms with Gasteiger partial charge in [0.1, 0.15) is 11.5 Å². The van der Waals surface area contributed by atoms with Crippen molar-refractivity contribution >= 4 is 17.4 Å². The number of carbonyl (C=O) groups excluding carboxylic acids is 1. The quantitative estimate of drug-likeness (QED) is 0.463. The zero-order chi connectivity index (χ0) is 24.0. The van der Waals surface area contributed by atoms with E-state index in [0.29, 0.717) is 18.9 Å². The van der Waals surface area contributed by atoms with Gasteiger partial charge in [0.05, 0.1) is 13.1 Å². The molecule has 8 nitrogen and oxygen atoms in total. The van der Waals surface area contributed by atoms with Gasteiger partial charge in [0.25, 0.3) is 5.56 Å². The summed E-state index contributed by atoms with van der Waals surface area (Å²) in [6, 6.07) is 17.7. The number of rotatable bonds is 9. The summed E-state index contributed by atoms with van der Waals surface area (Å²) in [7, 11) is 1.60. The number of nitrogens with two attached hydrogens (primary N) is 1. The number of benzene rings is 2. The van der Waals surface area contributed by atoms with E-state index in [1.807, 2.05) is 30.3 Å². The van der Waals surface area contributed by atoms with Gasteiger partial charge in [0.15, 0.2) is 0 Å². The van der Waals surface area contributed by atoms with E-state index in [-0.39, 0.29) is 30.5 Å². The van der Waals surface area contributed by atoms with E-state index in [9.17, 15) is 14.4 Å². The normalized spacial score (nSPS) is 10.9. The van der Waals surface area contributed by atoms with E-state index in [1.165, 1.54) is 15.0 Å². The number of hydrogen-bond acceptors (Lipinski definition) is 5. The fourth-order valence-corrected chi connectivity index (χ4v) is 3.64. The van der Waals surface area contributed by atoms with Gasteiger partial charge >= 0.3 is 5.69 Å². The molecular formula is C25H31N5O3. The van der Waals surface area contributed by atoms with Crippen molar-refractivity contribution in [1.29, 1.82) is 0 Å². The Morgan fingerprint density at radius 2 is 1.73 bits per heavy atom. The Bertz CT molecular complexity index is 1200. The molecule has 0 radical (unpaired) electrons. The van der Waals surface area contributed by atoms with E-state index in [4.69, 9.17) is 5.73 Å². The maximum absolute atomic E-state index is 12.5. The van der Waals surface area contributed by atoms with Crippen LogP contribution in [0.3, 0.4) is 0 Å². The van der Waals surface area contributed by atoms with Crippen LogP contribution >= 0.6 is 0 Å². The molecule has 1 heterocycles. The molecule has 2 aromatic carbocycles. The number of carbonyl (C=O) groups is 1. The highest BCUT2D eigenvalue weighted by molar-refractivity contribution is 5.82. The molecule has 1 amide bonds. The fourth-order valence-electron chi connectivity index (χ4n) is 3.64. The number of hydrogen-bond donors (Lipinski definition) is 3. The first kappa shape index (κ1) is 23.8. The smallest absolute Gasteiger partial charge is 0.330 e. The predicted molar refractivity (Wildman–Crippen MR) is 132 cm³/mol. The predicted octanol–water partition coefficient (Wildman–Crippen LogP) is 2.09. The van der Waals surface area contributed by atoms with Crippen LogP contribution in [0.5, 0.6) is 0 Å². The van der Waals surface area contributed by atoms with Crippen LogP contribution < -0.4 is 27.2 Å². The third kappa shape index (κ3) is 6.12. The molecule has 0 saturated heterocycles. The summed E-state index contributed by atoms with van der Waals surface area (Å²) in [6.07, 6.45) is 0.707. The molecule has 0 spiro atoms. The summed E-state index contributed by atoms with van der Waals surface area (Å²) in [5.74, 6) is 0.260. The molecule has 0 aliphatic heterocycles.